The van der Waals surface area contributed by atoms with Crippen molar-refractivity contribution in [3.8, 4) is 0 Å². The number of benzene rings is 1. The zero-order valence-electron chi connectivity index (χ0n) is 9.72. The van der Waals surface area contributed by atoms with Gasteiger partial charge in [-0.3, -0.25) is 4.79 Å². The standard InChI is InChI=1S/C13H15NO2S/c1-9(16)10(6-7-15)8-13-14-11-4-2-3-5-12(11)17-13/h2-5,10,15H,6-8H2,1H3. The molecule has 0 amide bonds. The van der Waals surface area contributed by atoms with Crippen molar-refractivity contribution in [3.63, 3.8) is 0 Å². The number of hydrogen-bond donors (Lipinski definition) is 1. The highest BCUT2D eigenvalue weighted by Gasteiger charge is 2.16. The summed E-state index contributed by atoms with van der Waals surface area (Å²) in [6, 6.07) is 7.96. The molecule has 4 heteroatoms. The third kappa shape index (κ3) is 2.90. The first kappa shape index (κ1) is 12.2. The average molecular weight is 249 g/mol. The second-order valence-electron chi connectivity index (χ2n) is 4.10. The number of carbonyl (C=O) groups is 1. The van der Waals surface area contributed by atoms with Crippen molar-refractivity contribution in [3.05, 3.63) is 29.3 Å². The van der Waals surface area contributed by atoms with Gasteiger partial charge >= 0.3 is 0 Å². The molecule has 0 spiro atoms. The Morgan fingerprint density at radius 3 is 2.88 bits per heavy atom. The largest absolute Gasteiger partial charge is 0.396 e. The van der Waals surface area contributed by atoms with Crippen LogP contribution >= 0.6 is 11.3 Å². The Hall–Kier alpha value is -1.26. The Kier molecular flexibility index (Phi) is 3.86. The van der Waals surface area contributed by atoms with Gasteiger partial charge in [0, 0.05) is 18.9 Å². The van der Waals surface area contributed by atoms with Crippen molar-refractivity contribution < 1.29 is 9.90 Å². The van der Waals surface area contributed by atoms with Crippen LogP contribution < -0.4 is 0 Å². The Balaban J connectivity index is 2.19. The third-order valence-corrected chi connectivity index (χ3v) is 3.87. The predicted octanol–water partition coefficient (Wildman–Crippen LogP) is 2.43. The monoisotopic (exact) mass is 249 g/mol. The van der Waals surface area contributed by atoms with Crippen LogP contribution in [0.1, 0.15) is 18.4 Å². The molecular weight excluding hydrogens is 234 g/mol. The fourth-order valence-corrected chi connectivity index (χ4v) is 2.87. The van der Waals surface area contributed by atoms with Gasteiger partial charge in [-0.15, -0.1) is 11.3 Å². The van der Waals surface area contributed by atoms with E-state index in [4.69, 9.17) is 5.11 Å². The van der Waals surface area contributed by atoms with Crippen molar-refractivity contribution in [2.45, 2.75) is 19.8 Å². The second-order valence-corrected chi connectivity index (χ2v) is 5.21. The maximum atomic E-state index is 11.4. The highest BCUT2D eigenvalue weighted by Crippen LogP contribution is 2.24. The van der Waals surface area contributed by atoms with Crippen LogP contribution in [-0.2, 0) is 11.2 Å². The topological polar surface area (TPSA) is 50.2 Å². The minimum absolute atomic E-state index is 0.0507. The molecule has 0 aliphatic rings. The lowest BCUT2D eigenvalue weighted by Crippen LogP contribution is -2.15. The van der Waals surface area contributed by atoms with Crippen molar-refractivity contribution in [1.29, 1.82) is 0 Å². The molecule has 0 radical (unpaired) electrons. The zero-order chi connectivity index (χ0) is 12.3. The summed E-state index contributed by atoms with van der Waals surface area (Å²) in [5.74, 6) is 0.0128. The second kappa shape index (κ2) is 5.38. The van der Waals surface area contributed by atoms with Crippen LogP contribution in [0.3, 0.4) is 0 Å². The molecule has 2 rings (SSSR count). The van der Waals surface area contributed by atoms with Gasteiger partial charge in [0.1, 0.15) is 5.78 Å². The summed E-state index contributed by atoms with van der Waals surface area (Å²) in [6.07, 6.45) is 1.15. The molecule has 1 atom stereocenters. The predicted molar refractivity (Wildman–Crippen MR) is 69.2 cm³/mol. The van der Waals surface area contributed by atoms with Crippen LogP contribution in [0, 0.1) is 5.92 Å². The molecule has 90 valence electrons. The van der Waals surface area contributed by atoms with E-state index in [1.807, 2.05) is 24.3 Å². The summed E-state index contributed by atoms with van der Waals surface area (Å²) in [7, 11) is 0. The summed E-state index contributed by atoms with van der Waals surface area (Å²) in [4.78, 5) is 15.9. The van der Waals surface area contributed by atoms with Gasteiger partial charge in [-0.25, -0.2) is 4.98 Å². The first-order valence-electron chi connectivity index (χ1n) is 5.66. The zero-order valence-corrected chi connectivity index (χ0v) is 10.5. The van der Waals surface area contributed by atoms with E-state index in [1.54, 1.807) is 18.3 Å². The van der Waals surface area contributed by atoms with Crippen molar-refractivity contribution >= 4 is 27.3 Å². The number of ketones is 1. The first-order chi connectivity index (χ1) is 8.20. The van der Waals surface area contributed by atoms with E-state index in [0.717, 1.165) is 15.2 Å². The number of aromatic nitrogens is 1. The minimum atomic E-state index is -0.111. The number of carbonyl (C=O) groups excluding carboxylic acids is 1. The van der Waals surface area contributed by atoms with Gasteiger partial charge in [0.25, 0.3) is 0 Å². The lowest BCUT2D eigenvalue weighted by molar-refractivity contribution is -0.121. The fourth-order valence-electron chi connectivity index (χ4n) is 1.82. The normalized spacial score (nSPS) is 12.8. The molecule has 0 aliphatic carbocycles. The molecule has 1 aromatic carbocycles. The molecule has 1 heterocycles. The summed E-state index contributed by atoms with van der Waals surface area (Å²) in [6.45, 7) is 1.63. The van der Waals surface area contributed by atoms with Gasteiger partial charge < -0.3 is 5.11 Å². The maximum absolute atomic E-state index is 11.4. The van der Waals surface area contributed by atoms with Crippen molar-refractivity contribution in [2.24, 2.45) is 5.92 Å². The molecule has 1 aromatic heterocycles. The number of Topliss-reactive ketones (excluding diaryl/α,β-unsaturated/α-hetero) is 1. The molecule has 0 saturated heterocycles. The van der Waals surface area contributed by atoms with Crippen LogP contribution in [0.2, 0.25) is 0 Å². The Labute approximate surface area is 104 Å². The summed E-state index contributed by atoms with van der Waals surface area (Å²) >= 11 is 1.62. The maximum Gasteiger partial charge on any atom is 0.133 e. The fraction of sp³-hybridized carbons (Fsp3) is 0.385. The highest BCUT2D eigenvalue weighted by molar-refractivity contribution is 7.18. The van der Waals surface area contributed by atoms with Crippen LogP contribution in [-0.4, -0.2) is 22.5 Å². The average Bonchev–Trinajstić information content (AvgIpc) is 2.70. The van der Waals surface area contributed by atoms with E-state index < -0.39 is 0 Å². The lowest BCUT2D eigenvalue weighted by Gasteiger charge is -2.09. The number of fused-ring (bicyclic) bond motifs is 1. The SMILES string of the molecule is CC(=O)C(CCO)Cc1nc2ccccc2s1. The van der Waals surface area contributed by atoms with Crippen molar-refractivity contribution in [2.75, 3.05) is 6.61 Å². The van der Waals surface area contributed by atoms with Crippen LogP contribution in [0.4, 0.5) is 0 Å². The molecule has 0 saturated carbocycles. The van der Waals surface area contributed by atoms with Gasteiger partial charge in [-0.1, -0.05) is 12.1 Å². The quantitative estimate of drug-likeness (QED) is 0.885. The molecule has 1 unspecified atom stereocenters. The van der Waals surface area contributed by atoms with Crippen LogP contribution in [0.25, 0.3) is 10.2 Å². The molecule has 17 heavy (non-hydrogen) atoms. The van der Waals surface area contributed by atoms with Crippen molar-refractivity contribution in [1.82, 2.24) is 4.98 Å². The van der Waals surface area contributed by atoms with Gasteiger partial charge in [0.15, 0.2) is 0 Å². The molecule has 0 bridgehead atoms. The molecule has 0 aliphatic heterocycles. The van der Waals surface area contributed by atoms with Crippen LogP contribution in [0.15, 0.2) is 24.3 Å². The number of hydrogen-bond acceptors (Lipinski definition) is 4. The molecular formula is C13H15NO2S. The summed E-state index contributed by atoms with van der Waals surface area (Å²) < 4.78 is 1.15. The Bertz CT molecular complexity index is 488. The van der Waals surface area contributed by atoms with E-state index in [-0.39, 0.29) is 18.3 Å². The molecule has 1 N–H and O–H groups in total. The first-order valence-corrected chi connectivity index (χ1v) is 6.48. The van der Waals surface area contributed by atoms with E-state index >= 15 is 0 Å². The van der Waals surface area contributed by atoms with E-state index in [0.29, 0.717) is 12.8 Å². The summed E-state index contributed by atoms with van der Waals surface area (Å²) in [5.41, 5.74) is 0.985. The van der Waals surface area contributed by atoms with Crippen LogP contribution in [0.5, 0.6) is 0 Å². The number of aliphatic hydroxyl groups excluding tert-OH is 1. The van der Waals surface area contributed by atoms with Gasteiger partial charge in [0.05, 0.1) is 15.2 Å². The Morgan fingerprint density at radius 1 is 1.47 bits per heavy atom. The molecule has 3 nitrogen and oxygen atoms in total. The van der Waals surface area contributed by atoms with Gasteiger partial charge in [0.2, 0.25) is 0 Å². The van der Waals surface area contributed by atoms with Gasteiger partial charge in [-0.05, 0) is 25.5 Å². The summed E-state index contributed by atoms with van der Waals surface area (Å²) in [5, 5.41) is 9.91. The minimum Gasteiger partial charge on any atom is -0.396 e. The smallest absolute Gasteiger partial charge is 0.133 e. The van der Waals surface area contributed by atoms with E-state index in [1.165, 1.54) is 0 Å². The molecule has 2 aromatic rings. The lowest BCUT2D eigenvalue weighted by atomic mass is 9.98. The Morgan fingerprint density at radius 2 is 2.24 bits per heavy atom. The molecule has 0 fully saturated rings. The number of para-hydroxylation sites is 1. The van der Waals surface area contributed by atoms with E-state index in [9.17, 15) is 4.79 Å². The highest BCUT2D eigenvalue weighted by atomic mass is 32.1. The van der Waals surface area contributed by atoms with E-state index in [2.05, 4.69) is 4.98 Å². The number of rotatable bonds is 5. The number of thiazole rings is 1. The number of aliphatic hydroxyl groups is 1. The third-order valence-electron chi connectivity index (χ3n) is 2.81. The number of nitrogens with zero attached hydrogens (tertiary/aromatic N) is 1. The van der Waals surface area contributed by atoms with Gasteiger partial charge in [-0.2, -0.15) is 0 Å².